The fourth-order valence-electron chi connectivity index (χ4n) is 2.52. The highest BCUT2D eigenvalue weighted by Crippen LogP contribution is 2.22. The second kappa shape index (κ2) is 10.3. The number of ether oxygens (including phenoxy) is 1. The molecule has 3 heteroatoms. The Morgan fingerprint density at radius 2 is 1.94 bits per heavy atom. The molecule has 0 aromatic carbocycles. The molecule has 0 radical (unpaired) electrons. The highest BCUT2D eigenvalue weighted by Gasteiger charge is 2.22. The van der Waals surface area contributed by atoms with Gasteiger partial charge in [-0.1, -0.05) is 32.6 Å². The molecule has 1 rings (SSSR count). The zero-order valence-electron chi connectivity index (χ0n) is 11.8. The number of nitrogens with one attached hydrogen (secondary N) is 1. The molecule has 1 aliphatic carbocycles. The third-order valence-corrected chi connectivity index (χ3v) is 3.70. The number of nitriles is 1. The molecule has 1 fully saturated rings. The van der Waals surface area contributed by atoms with E-state index in [0.717, 1.165) is 45.4 Å². The van der Waals surface area contributed by atoms with Crippen LogP contribution in [0.25, 0.3) is 0 Å². The van der Waals surface area contributed by atoms with Crippen LogP contribution in [0.4, 0.5) is 0 Å². The van der Waals surface area contributed by atoms with Crippen molar-refractivity contribution in [2.24, 2.45) is 5.92 Å². The Morgan fingerprint density at radius 1 is 1.17 bits per heavy atom. The minimum absolute atomic E-state index is 0.216. The lowest BCUT2D eigenvalue weighted by Crippen LogP contribution is -2.36. The smallest absolute Gasteiger partial charge is 0.0672 e. The van der Waals surface area contributed by atoms with Gasteiger partial charge in [0.15, 0.2) is 0 Å². The topological polar surface area (TPSA) is 45.0 Å². The van der Waals surface area contributed by atoms with Crippen LogP contribution < -0.4 is 5.32 Å². The van der Waals surface area contributed by atoms with Crippen LogP contribution in [0.1, 0.15) is 58.3 Å². The van der Waals surface area contributed by atoms with Gasteiger partial charge in [-0.25, -0.2) is 0 Å². The van der Waals surface area contributed by atoms with E-state index in [1.165, 1.54) is 25.7 Å². The predicted molar refractivity (Wildman–Crippen MR) is 74.3 cm³/mol. The Morgan fingerprint density at radius 3 is 2.72 bits per heavy atom. The molecule has 2 atom stereocenters. The van der Waals surface area contributed by atoms with E-state index in [1.807, 2.05) is 0 Å². The fraction of sp³-hybridized carbons (Fsp3) is 0.933. The van der Waals surface area contributed by atoms with Gasteiger partial charge in [-0.05, 0) is 32.2 Å². The van der Waals surface area contributed by atoms with Crippen LogP contribution in [-0.2, 0) is 4.74 Å². The first-order valence-electron chi connectivity index (χ1n) is 7.59. The summed E-state index contributed by atoms with van der Waals surface area (Å²) < 4.78 is 5.54. The van der Waals surface area contributed by atoms with Crippen molar-refractivity contribution < 1.29 is 4.74 Å². The molecule has 3 nitrogen and oxygen atoms in total. The van der Waals surface area contributed by atoms with Gasteiger partial charge in [0.2, 0.25) is 0 Å². The summed E-state index contributed by atoms with van der Waals surface area (Å²) in [6.45, 7) is 4.89. The molecule has 0 amide bonds. The van der Waals surface area contributed by atoms with Gasteiger partial charge in [-0.3, -0.25) is 0 Å². The molecule has 1 N–H and O–H groups in total. The number of hydrogen-bond acceptors (Lipinski definition) is 3. The summed E-state index contributed by atoms with van der Waals surface area (Å²) in [5.41, 5.74) is 0. The molecule has 0 heterocycles. The van der Waals surface area contributed by atoms with Gasteiger partial charge < -0.3 is 10.1 Å². The van der Waals surface area contributed by atoms with Crippen molar-refractivity contribution in [2.45, 2.75) is 64.3 Å². The van der Waals surface area contributed by atoms with Crippen LogP contribution in [-0.4, -0.2) is 25.8 Å². The molecular weight excluding hydrogens is 224 g/mol. The summed E-state index contributed by atoms with van der Waals surface area (Å²) >= 11 is 0. The van der Waals surface area contributed by atoms with E-state index in [0.29, 0.717) is 6.04 Å². The van der Waals surface area contributed by atoms with Crippen LogP contribution >= 0.6 is 0 Å². The molecule has 0 aromatic heterocycles. The van der Waals surface area contributed by atoms with Gasteiger partial charge in [-0.2, -0.15) is 5.26 Å². The van der Waals surface area contributed by atoms with Gasteiger partial charge in [-0.15, -0.1) is 0 Å². The zero-order chi connectivity index (χ0) is 13.1. The minimum Gasteiger partial charge on any atom is -0.381 e. The predicted octanol–water partition coefficient (Wildman–Crippen LogP) is 3.26. The largest absolute Gasteiger partial charge is 0.381 e. The van der Waals surface area contributed by atoms with E-state index in [2.05, 4.69) is 18.3 Å². The SMILES string of the molecule is CCCCOCCCNC1CCCCCC1C#N. The number of hydrogen-bond donors (Lipinski definition) is 1. The third-order valence-electron chi connectivity index (χ3n) is 3.70. The van der Waals surface area contributed by atoms with E-state index < -0.39 is 0 Å². The Hall–Kier alpha value is -0.590. The first kappa shape index (κ1) is 15.5. The molecule has 0 spiro atoms. The maximum atomic E-state index is 9.17. The Bertz CT molecular complexity index is 237. The highest BCUT2D eigenvalue weighted by molar-refractivity contribution is 4.93. The van der Waals surface area contributed by atoms with Crippen LogP contribution in [0.15, 0.2) is 0 Å². The molecule has 18 heavy (non-hydrogen) atoms. The summed E-state index contributed by atoms with van der Waals surface area (Å²) in [5, 5.41) is 12.7. The molecular formula is C15H28N2O. The van der Waals surface area contributed by atoms with Crippen molar-refractivity contribution in [3.63, 3.8) is 0 Å². The second-order valence-electron chi connectivity index (χ2n) is 5.25. The highest BCUT2D eigenvalue weighted by atomic mass is 16.5. The van der Waals surface area contributed by atoms with Crippen molar-refractivity contribution in [1.82, 2.24) is 5.32 Å². The summed E-state index contributed by atoms with van der Waals surface area (Å²) in [4.78, 5) is 0. The normalized spacial score (nSPS) is 24.4. The molecule has 1 aliphatic rings. The Labute approximate surface area is 112 Å². The average Bonchev–Trinajstić information content (AvgIpc) is 2.62. The third kappa shape index (κ3) is 6.37. The Balaban J connectivity index is 2.07. The maximum absolute atomic E-state index is 9.17. The molecule has 1 saturated carbocycles. The van der Waals surface area contributed by atoms with Crippen LogP contribution in [0, 0.1) is 17.2 Å². The first-order valence-corrected chi connectivity index (χ1v) is 7.59. The van der Waals surface area contributed by atoms with Crippen molar-refractivity contribution in [3.8, 4) is 6.07 Å². The van der Waals surface area contributed by atoms with Crippen LogP contribution in [0.3, 0.4) is 0 Å². The number of rotatable bonds is 8. The quantitative estimate of drug-likeness (QED) is 0.533. The average molecular weight is 252 g/mol. The lowest BCUT2D eigenvalue weighted by Gasteiger charge is -2.20. The fourth-order valence-corrected chi connectivity index (χ4v) is 2.52. The summed E-state index contributed by atoms with van der Waals surface area (Å²) in [6, 6.07) is 2.88. The van der Waals surface area contributed by atoms with E-state index in [4.69, 9.17) is 4.74 Å². The van der Waals surface area contributed by atoms with Gasteiger partial charge in [0, 0.05) is 19.3 Å². The van der Waals surface area contributed by atoms with E-state index in [9.17, 15) is 5.26 Å². The molecule has 104 valence electrons. The van der Waals surface area contributed by atoms with Gasteiger partial charge in [0.25, 0.3) is 0 Å². The van der Waals surface area contributed by atoms with Gasteiger partial charge in [0.1, 0.15) is 0 Å². The summed E-state index contributed by atoms with van der Waals surface area (Å²) in [5.74, 6) is 0.216. The molecule has 0 aliphatic heterocycles. The van der Waals surface area contributed by atoms with Crippen molar-refractivity contribution in [2.75, 3.05) is 19.8 Å². The van der Waals surface area contributed by atoms with Crippen molar-refractivity contribution in [3.05, 3.63) is 0 Å². The lowest BCUT2D eigenvalue weighted by atomic mass is 9.96. The van der Waals surface area contributed by atoms with E-state index in [-0.39, 0.29) is 5.92 Å². The maximum Gasteiger partial charge on any atom is 0.0672 e. The van der Waals surface area contributed by atoms with E-state index in [1.54, 1.807) is 0 Å². The van der Waals surface area contributed by atoms with Crippen LogP contribution in [0.5, 0.6) is 0 Å². The second-order valence-corrected chi connectivity index (χ2v) is 5.25. The zero-order valence-corrected chi connectivity index (χ0v) is 11.8. The van der Waals surface area contributed by atoms with E-state index >= 15 is 0 Å². The monoisotopic (exact) mass is 252 g/mol. The molecule has 0 saturated heterocycles. The lowest BCUT2D eigenvalue weighted by molar-refractivity contribution is 0.127. The molecule has 0 bridgehead atoms. The molecule has 2 unspecified atom stereocenters. The van der Waals surface area contributed by atoms with Crippen molar-refractivity contribution >= 4 is 0 Å². The standard InChI is InChI=1S/C15H28N2O/c1-2-3-11-18-12-7-10-17-15-9-6-4-5-8-14(15)13-16/h14-15,17H,2-12H2,1H3. The van der Waals surface area contributed by atoms with Gasteiger partial charge >= 0.3 is 0 Å². The summed E-state index contributed by atoms with van der Waals surface area (Å²) in [6.07, 6.45) is 9.42. The minimum atomic E-state index is 0.216. The number of unbranched alkanes of at least 4 members (excludes halogenated alkanes) is 1. The van der Waals surface area contributed by atoms with Crippen LogP contribution in [0.2, 0.25) is 0 Å². The van der Waals surface area contributed by atoms with Crippen molar-refractivity contribution in [1.29, 1.82) is 5.26 Å². The number of nitrogens with zero attached hydrogens (tertiary/aromatic N) is 1. The van der Waals surface area contributed by atoms with Gasteiger partial charge in [0.05, 0.1) is 12.0 Å². The Kier molecular flexibility index (Phi) is 8.89. The summed E-state index contributed by atoms with van der Waals surface area (Å²) in [7, 11) is 0. The molecule has 0 aromatic rings. The first-order chi connectivity index (χ1) is 8.88.